The third-order valence-electron chi connectivity index (χ3n) is 1.55. The van der Waals surface area contributed by atoms with Gasteiger partial charge in [0.2, 0.25) is 0 Å². The Kier molecular flexibility index (Phi) is 4.87. The number of benzene rings is 1. The van der Waals surface area contributed by atoms with Gasteiger partial charge in [0, 0.05) is 0 Å². The molecule has 0 radical (unpaired) electrons. The zero-order valence-electron chi connectivity index (χ0n) is 8.43. The molecule has 0 aliphatic heterocycles. The van der Waals surface area contributed by atoms with Crippen molar-refractivity contribution in [1.82, 2.24) is 5.43 Å². The van der Waals surface area contributed by atoms with Crippen LogP contribution >= 0.6 is 0 Å². The van der Waals surface area contributed by atoms with E-state index >= 15 is 0 Å². The molecule has 2 amide bonds. The van der Waals surface area contributed by atoms with Gasteiger partial charge in [-0.1, -0.05) is 0 Å². The second-order valence-electron chi connectivity index (χ2n) is 2.92. The summed E-state index contributed by atoms with van der Waals surface area (Å²) in [6.45, 7) is 1.88. The Bertz CT molecular complexity index is 351. The SMILES string of the molecule is C/C(C[Se]c1ccccc1)=N\NC(N)=O. The molecule has 0 aromatic heterocycles. The van der Waals surface area contributed by atoms with Crippen molar-refractivity contribution >= 4 is 31.2 Å². The number of urea groups is 1. The van der Waals surface area contributed by atoms with Gasteiger partial charge in [-0.25, -0.2) is 0 Å². The van der Waals surface area contributed by atoms with Crippen LogP contribution in [0.2, 0.25) is 5.32 Å². The Morgan fingerprint density at radius 1 is 1.47 bits per heavy atom. The van der Waals surface area contributed by atoms with Gasteiger partial charge in [0.15, 0.2) is 0 Å². The number of rotatable bonds is 4. The van der Waals surface area contributed by atoms with E-state index in [1.165, 1.54) is 4.46 Å². The molecule has 0 spiro atoms. The summed E-state index contributed by atoms with van der Waals surface area (Å²) in [5.74, 6) is 0. The fraction of sp³-hybridized carbons (Fsp3) is 0.200. The van der Waals surface area contributed by atoms with E-state index in [0.717, 1.165) is 11.0 Å². The van der Waals surface area contributed by atoms with Crippen LogP contribution in [0.3, 0.4) is 0 Å². The van der Waals surface area contributed by atoms with Crippen LogP contribution in [0.25, 0.3) is 0 Å². The number of amides is 2. The number of nitrogens with one attached hydrogen (secondary N) is 1. The van der Waals surface area contributed by atoms with Gasteiger partial charge in [-0.15, -0.1) is 0 Å². The number of nitrogens with zero attached hydrogens (tertiary/aromatic N) is 1. The molecule has 4 nitrogen and oxygen atoms in total. The topological polar surface area (TPSA) is 67.5 Å². The van der Waals surface area contributed by atoms with Gasteiger partial charge in [-0.3, -0.25) is 0 Å². The predicted molar refractivity (Wildman–Crippen MR) is 62.5 cm³/mol. The van der Waals surface area contributed by atoms with Crippen LogP contribution in [0.4, 0.5) is 4.79 Å². The van der Waals surface area contributed by atoms with E-state index < -0.39 is 6.03 Å². The fourth-order valence-electron chi connectivity index (χ4n) is 0.887. The first-order valence-corrected chi connectivity index (χ1v) is 6.51. The molecule has 80 valence electrons. The first kappa shape index (κ1) is 11.8. The first-order chi connectivity index (χ1) is 7.18. The van der Waals surface area contributed by atoms with Crippen LogP contribution in [0.15, 0.2) is 35.4 Å². The number of hydrogen-bond donors (Lipinski definition) is 2. The summed E-state index contributed by atoms with van der Waals surface area (Å²) in [4.78, 5) is 10.4. The van der Waals surface area contributed by atoms with Crippen LogP contribution in [0.5, 0.6) is 0 Å². The average Bonchev–Trinajstić information content (AvgIpc) is 2.25. The van der Waals surface area contributed by atoms with E-state index in [0.29, 0.717) is 15.0 Å². The summed E-state index contributed by atoms with van der Waals surface area (Å²) >= 11 is 0.355. The summed E-state index contributed by atoms with van der Waals surface area (Å²) in [5.41, 5.74) is 8.00. The standard InChI is InChI=1S/C10H13N3OSe/c1-8(12-13-10(11)14)7-15-9-5-3-2-4-6-9/h2-6H,7H2,1H3,(H3,11,13,14)/b12-8+. The van der Waals surface area contributed by atoms with Crippen LogP contribution < -0.4 is 15.6 Å². The fourth-order valence-corrected chi connectivity index (χ4v) is 2.54. The van der Waals surface area contributed by atoms with Gasteiger partial charge in [0.05, 0.1) is 0 Å². The van der Waals surface area contributed by atoms with Crippen LogP contribution in [-0.2, 0) is 0 Å². The monoisotopic (exact) mass is 271 g/mol. The summed E-state index contributed by atoms with van der Waals surface area (Å²) in [7, 11) is 0. The predicted octanol–water partition coefficient (Wildman–Crippen LogP) is 0.479. The Morgan fingerprint density at radius 2 is 2.13 bits per heavy atom. The minimum atomic E-state index is -0.624. The molecule has 0 atom stereocenters. The van der Waals surface area contributed by atoms with Crippen molar-refractivity contribution in [2.24, 2.45) is 10.8 Å². The molecular weight excluding hydrogens is 257 g/mol. The van der Waals surface area contributed by atoms with Crippen molar-refractivity contribution in [3.63, 3.8) is 0 Å². The zero-order valence-corrected chi connectivity index (χ0v) is 10.1. The van der Waals surface area contributed by atoms with Gasteiger partial charge in [-0.2, -0.15) is 0 Å². The van der Waals surface area contributed by atoms with E-state index in [9.17, 15) is 4.79 Å². The molecule has 3 N–H and O–H groups in total. The van der Waals surface area contributed by atoms with Crippen LogP contribution in [0, 0.1) is 0 Å². The third-order valence-corrected chi connectivity index (χ3v) is 4.00. The summed E-state index contributed by atoms with van der Waals surface area (Å²) in [5, 5.41) is 4.72. The second-order valence-corrected chi connectivity index (χ2v) is 5.13. The van der Waals surface area contributed by atoms with Crippen molar-refractivity contribution in [3.05, 3.63) is 30.3 Å². The molecule has 0 bridgehead atoms. The molecule has 0 saturated heterocycles. The number of primary amides is 1. The van der Waals surface area contributed by atoms with E-state index in [4.69, 9.17) is 5.73 Å². The van der Waals surface area contributed by atoms with E-state index in [2.05, 4.69) is 22.7 Å². The van der Waals surface area contributed by atoms with E-state index in [-0.39, 0.29) is 0 Å². The van der Waals surface area contributed by atoms with Gasteiger partial charge >= 0.3 is 94.8 Å². The van der Waals surface area contributed by atoms with Gasteiger partial charge < -0.3 is 0 Å². The van der Waals surface area contributed by atoms with E-state index in [1.54, 1.807) is 0 Å². The van der Waals surface area contributed by atoms with Gasteiger partial charge in [-0.05, 0) is 0 Å². The molecule has 1 rings (SSSR count). The Morgan fingerprint density at radius 3 is 2.73 bits per heavy atom. The van der Waals surface area contributed by atoms with Crippen LogP contribution in [-0.4, -0.2) is 26.7 Å². The number of nitrogens with two attached hydrogens (primary N) is 1. The van der Waals surface area contributed by atoms with Gasteiger partial charge in [0.1, 0.15) is 0 Å². The first-order valence-electron chi connectivity index (χ1n) is 4.45. The molecule has 0 aliphatic carbocycles. The van der Waals surface area contributed by atoms with Crippen molar-refractivity contribution in [1.29, 1.82) is 0 Å². The molecule has 0 unspecified atom stereocenters. The molecule has 1 aromatic carbocycles. The second kappa shape index (κ2) is 6.22. The molecule has 1 aromatic rings. The Hall–Kier alpha value is -1.32. The van der Waals surface area contributed by atoms with Crippen molar-refractivity contribution in [3.8, 4) is 0 Å². The maximum atomic E-state index is 10.4. The molecule has 0 aliphatic rings. The number of carbonyl (C=O) groups is 1. The van der Waals surface area contributed by atoms with Crippen molar-refractivity contribution in [2.45, 2.75) is 12.2 Å². The van der Waals surface area contributed by atoms with Crippen molar-refractivity contribution < 1.29 is 4.79 Å². The Labute approximate surface area is 95.1 Å². The molecular formula is C10H13N3OSe. The third kappa shape index (κ3) is 5.20. The summed E-state index contributed by atoms with van der Waals surface area (Å²) in [6.07, 6.45) is 0. The molecule has 5 heteroatoms. The van der Waals surface area contributed by atoms with Gasteiger partial charge in [0.25, 0.3) is 0 Å². The van der Waals surface area contributed by atoms with Crippen LogP contribution in [0.1, 0.15) is 6.92 Å². The number of hydrogen-bond acceptors (Lipinski definition) is 2. The number of hydrazone groups is 1. The van der Waals surface area contributed by atoms with Crippen molar-refractivity contribution in [2.75, 3.05) is 0 Å². The Balaban J connectivity index is 2.37. The molecule has 0 heterocycles. The molecule has 0 fully saturated rings. The minimum absolute atomic E-state index is 0.355. The molecule has 0 saturated carbocycles. The number of carbonyl (C=O) groups excluding carboxylic acids is 1. The average molecular weight is 270 g/mol. The zero-order chi connectivity index (χ0) is 11.1. The van der Waals surface area contributed by atoms with E-state index in [1.807, 2.05) is 25.1 Å². The quantitative estimate of drug-likeness (QED) is 0.466. The molecule has 15 heavy (non-hydrogen) atoms. The summed E-state index contributed by atoms with van der Waals surface area (Å²) in [6, 6.07) is 9.59. The normalized spacial score (nSPS) is 11.1. The maximum absolute atomic E-state index is 10.4. The summed E-state index contributed by atoms with van der Waals surface area (Å²) < 4.78 is 1.32.